The minimum atomic E-state index is -4.44. The molecule has 1 rings (SSSR count). The maximum atomic E-state index is 12.4. The van der Waals surface area contributed by atoms with E-state index in [4.69, 9.17) is 4.74 Å². The van der Waals surface area contributed by atoms with Crippen LogP contribution in [0.25, 0.3) is 0 Å². The molecule has 0 atom stereocenters. The highest BCUT2D eigenvalue weighted by molar-refractivity contribution is 5.74. The van der Waals surface area contributed by atoms with Crippen molar-refractivity contribution in [2.45, 2.75) is 46.3 Å². The first-order valence-electron chi connectivity index (χ1n) is 7.72. The maximum absolute atomic E-state index is 12.4. The predicted octanol–water partition coefficient (Wildman–Crippen LogP) is 2.65. The molecule has 0 amide bonds. The second-order valence-corrected chi connectivity index (χ2v) is 5.79. The third-order valence-electron chi connectivity index (χ3n) is 4.23. The number of hydrogen-bond acceptors (Lipinski definition) is 4. The SMILES string of the molecule is CCC(CC)(CNCc1c(C)nn(C)c1OCC(F)(F)F)C(=O)O. The van der Waals surface area contributed by atoms with Crippen molar-refractivity contribution >= 4 is 5.97 Å². The van der Waals surface area contributed by atoms with Crippen molar-refractivity contribution in [1.29, 1.82) is 0 Å². The molecule has 6 nitrogen and oxygen atoms in total. The molecule has 0 aliphatic carbocycles. The van der Waals surface area contributed by atoms with E-state index in [9.17, 15) is 23.1 Å². The van der Waals surface area contributed by atoms with Crippen molar-refractivity contribution in [3.8, 4) is 5.88 Å². The van der Waals surface area contributed by atoms with E-state index in [1.165, 1.54) is 11.7 Å². The van der Waals surface area contributed by atoms with Gasteiger partial charge in [0.05, 0.1) is 16.7 Å². The molecule has 1 aromatic rings. The molecule has 0 radical (unpaired) electrons. The van der Waals surface area contributed by atoms with Gasteiger partial charge in [-0.25, -0.2) is 4.68 Å². The average molecular weight is 351 g/mol. The molecule has 0 spiro atoms. The minimum absolute atomic E-state index is 0.0336. The molecule has 0 aromatic carbocycles. The Morgan fingerprint density at radius 3 is 2.38 bits per heavy atom. The Kier molecular flexibility index (Phi) is 6.65. The van der Waals surface area contributed by atoms with Gasteiger partial charge in [0.15, 0.2) is 6.61 Å². The third kappa shape index (κ3) is 4.86. The summed E-state index contributed by atoms with van der Waals surface area (Å²) in [5, 5.41) is 16.5. The molecule has 1 aromatic heterocycles. The fourth-order valence-corrected chi connectivity index (χ4v) is 2.52. The summed E-state index contributed by atoms with van der Waals surface area (Å²) in [7, 11) is 1.50. The van der Waals surface area contributed by atoms with Crippen LogP contribution in [-0.2, 0) is 18.4 Å². The van der Waals surface area contributed by atoms with Crippen molar-refractivity contribution in [3.05, 3.63) is 11.3 Å². The van der Waals surface area contributed by atoms with Crippen LogP contribution in [-0.4, -0.2) is 40.2 Å². The Morgan fingerprint density at radius 1 is 1.33 bits per heavy atom. The molecule has 0 aliphatic rings. The maximum Gasteiger partial charge on any atom is 0.422 e. The van der Waals surface area contributed by atoms with Gasteiger partial charge >= 0.3 is 12.1 Å². The Bertz CT molecular complexity index is 566. The Morgan fingerprint density at radius 2 is 1.92 bits per heavy atom. The highest BCUT2D eigenvalue weighted by atomic mass is 19.4. The zero-order valence-corrected chi connectivity index (χ0v) is 14.3. The first-order valence-corrected chi connectivity index (χ1v) is 7.72. The van der Waals surface area contributed by atoms with Crippen molar-refractivity contribution in [2.75, 3.05) is 13.2 Å². The highest BCUT2D eigenvalue weighted by Gasteiger charge is 2.34. The summed E-state index contributed by atoms with van der Waals surface area (Å²) < 4.78 is 43.2. The normalized spacial score (nSPS) is 12.5. The van der Waals surface area contributed by atoms with Crippen LogP contribution in [0.3, 0.4) is 0 Å². The lowest BCUT2D eigenvalue weighted by atomic mass is 9.82. The molecule has 0 saturated carbocycles. The Hall–Kier alpha value is -1.77. The van der Waals surface area contributed by atoms with E-state index < -0.39 is 24.2 Å². The van der Waals surface area contributed by atoms with Gasteiger partial charge in [-0.05, 0) is 19.8 Å². The molecule has 0 saturated heterocycles. The number of aliphatic carboxylic acids is 1. The second-order valence-electron chi connectivity index (χ2n) is 5.79. The van der Waals surface area contributed by atoms with E-state index in [2.05, 4.69) is 10.4 Å². The van der Waals surface area contributed by atoms with Gasteiger partial charge in [-0.2, -0.15) is 18.3 Å². The number of nitrogens with one attached hydrogen (secondary N) is 1. The first-order chi connectivity index (χ1) is 11.1. The number of rotatable bonds is 9. The van der Waals surface area contributed by atoms with Crippen LogP contribution in [0.4, 0.5) is 13.2 Å². The number of nitrogens with zero attached hydrogens (tertiary/aromatic N) is 2. The van der Waals surface area contributed by atoms with Gasteiger partial charge < -0.3 is 15.2 Å². The van der Waals surface area contributed by atoms with E-state index >= 15 is 0 Å². The minimum Gasteiger partial charge on any atom is -0.481 e. The van der Waals surface area contributed by atoms with Gasteiger partial charge in [-0.3, -0.25) is 4.79 Å². The summed E-state index contributed by atoms with van der Waals surface area (Å²) in [5.41, 5.74) is 0.132. The number of hydrogen-bond donors (Lipinski definition) is 2. The molecule has 0 fully saturated rings. The highest BCUT2D eigenvalue weighted by Crippen LogP contribution is 2.27. The topological polar surface area (TPSA) is 76.4 Å². The summed E-state index contributed by atoms with van der Waals surface area (Å²) in [6.45, 7) is 4.26. The lowest BCUT2D eigenvalue weighted by Gasteiger charge is -2.27. The number of carbonyl (C=O) groups is 1. The Balaban J connectivity index is 2.83. The third-order valence-corrected chi connectivity index (χ3v) is 4.23. The Labute approximate surface area is 139 Å². The van der Waals surface area contributed by atoms with E-state index in [0.29, 0.717) is 24.1 Å². The molecule has 1 heterocycles. The largest absolute Gasteiger partial charge is 0.481 e. The number of alkyl halides is 3. The standard InChI is InChI=1S/C15H24F3N3O3/c1-5-14(6-2,13(22)23)8-19-7-11-10(3)20-21(4)12(11)24-9-15(16,17)18/h19H,5-9H2,1-4H3,(H,22,23). The smallest absolute Gasteiger partial charge is 0.422 e. The monoisotopic (exact) mass is 351 g/mol. The fourth-order valence-electron chi connectivity index (χ4n) is 2.52. The van der Waals surface area contributed by atoms with Crippen LogP contribution in [0.15, 0.2) is 0 Å². The number of ether oxygens (including phenoxy) is 1. The summed E-state index contributed by atoms with van der Waals surface area (Å²) in [5.74, 6) is -0.859. The van der Waals surface area contributed by atoms with Crippen molar-refractivity contribution in [2.24, 2.45) is 12.5 Å². The van der Waals surface area contributed by atoms with Crippen molar-refractivity contribution in [3.63, 3.8) is 0 Å². The van der Waals surface area contributed by atoms with Crippen LogP contribution in [0, 0.1) is 12.3 Å². The summed E-state index contributed by atoms with van der Waals surface area (Å²) in [6, 6.07) is 0. The quantitative estimate of drug-likeness (QED) is 0.715. The van der Waals surface area contributed by atoms with E-state index in [0.717, 1.165) is 0 Å². The summed E-state index contributed by atoms with van der Waals surface area (Å²) >= 11 is 0. The zero-order valence-electron chi connectivity index (χ0n) is 14.3. The molecular formula is C15H24F3N3O3. The van der Waals surface area contributed by atoms with Crippen LogP contribution in [0.2, 0.25) is 0 Å². The molecule has 0 unspecified atom stereocenters. The zero-order chi connectivity index (χ0) is 18.5. The van der Waals surface area contributed by atoms with Crippen LogP contribution in [0.1, 0.15) is 37.9 Å². The van der Waals surface area contributed by atoms with Gasteiger partial charge in [-0.1, -0.05) is 13.8 Å². The summed E-state index contributed by atoms with van der Waals surface area (Å²) in [6.07, 6.45) is -3.53. The lowest BCUT2D eigenvalue weighted by Crippen LogP contribution is -2.40. The van der Waals surface area contributed by atoms with Crippen molar-refractivity contribution in [1.82, 2.24) is 15.1 Å². The van der Waals surface area contributed by atoms with Gasteiger partial charge in [0.1, 0.15) is 0 Å². The van der Waals surface area contributed by atoms with Gasteiger partial charge in [0, 0.05) is 20.1 Å². The second kappa shape index (κ2) is 7.87. The molecule has 9 heteroatoms. The summed E-state index contributed by atoms with van der Waals surface area (Å²) in [4.78, 5) is 11.5. The van der Waals surface area contributed by atoms with Crippen molar-refractivity contribution < 1.29 is 27.8 Å². The molecule has 138 valence electrons. The van der Waals surface area contributed by atoms with Gasteiger partial charge in [-0.15, -0.1) is 0 Å². The number of aromatic nitrogens is 2. The van der Waals surface area contributed by atoms with E-state index in [1.807, 2.05) is 0 Å². The molecular weight excluding hydrogens is 327 g/mol. The molecule has 0 bridgehead atoms. The van der Waals surface area contributed by atoms with E-state index in [1.54, 1.807) is 20.8 Å². The van der Waals surface area contributed by atoms with Gasteiger partial charge in [0.2, 0.25) is 5.88 Å². The fraction of sp³-hybridized carbons (Fsp3) is 0.733. The average Bonchev–Trinajstić information content (AvgIpc) is 2.74. The van der Waals surface area contributed by atoms with Crippen LogP contribution in [0.5, 0.6) is 5.88 Å². The number of halogens is 3. The first kappa shape index (κ1) is 20.3. The molecule has 2 N–H and O–H groups in total. The predicted molar refractivity (Wildman–Crippen MR) is 81.9 cm³/mol. The number of aryl methyl sites for hydroxylation is 2. The molecule has 24 heavy (non-hydrogen) atoms. The number of carboxylic acid groups (broad SMARTS) is 1. The molecule has 0 aliphatic heterocycles. The van der Waals surface area contributed by atoms with Crippen LogP contribution < -0.4 is 10.1 Å². The number of carboxylic acids is 1. The van der Waals surface area contributed by atoms with Gasteiger partial charge in [0.25, 0.3) is 0 Å². The lowest BCUT2D eigenvalue weighted by molar-refractivity contribution is -0.154. The van der Waals surface area contributed by atoms with E-state index in [-0.39, 0.29) is 19.0 Å². The van der Waals surface area contributed by atoms with Crippen LogP contribution >= 0.6 is 0 Å².